The van der Waals surface area contributed by atoms with Crippen molar-refractivity contribution < 1.29 is 24.4 Å². The van der Waals surface area contributed by atoms with Gasteiger partial charge in [-0.15, -0.1) is 0 Å². The van der Waals surface area contributed by atoms with Gasteiger partial charge in [-0.05, 0) is 0 Å². The van der Waals surface area contributed by atoms with E-state index in [1.165, 1.54) is 0 Å². The van der Waals surface area contributed by atoms with Crippen molar-refractivity contribution in [3.63, 3.8) is 0 Å². The van der Waals surface area contributed by atoms with Gasteiger partial charge in [0, 0.05) is 0 Å². The Morgan fingerprint density at radius 1 is 1.23 bits per heavy atom. The van der Waals surface area contributed by atoms with E-state index in [9.17, 15) is 14.2 Å². The average Bonchev–Trinajstić information content (AvgIpc) is 1.98. The van der Waals surface area contributed by atoms with Crippen LogP contribution in [0.2, 0.25) is 0 Å². The van der Waals surface area contributed by atoms with E-state index in [1.807, 2.05) is 0 Å². The van der Waals surface area contributed by atoms with Crippen LogP contribution in [0.25, 0.3) is 0 Å². The van der Waals surface area contributed by atoms with Gasteiger partial charge in [-0.3, -0.25) is 0 Å². The van der Waals surface area contributed by atoms with Gasteiger partial charge >= 0.3 is 74.4 Å². The number of carboxylic acids is 2. The number of rotatable bonds is 5. The summed E-state index contributed by atoms with van der Waals surface area (Å²) in [5, 5.41) is 16.7. The number of hydrogen-bond donors (Lipinski definition) is 2. The van der Waals surface area contributed by atoms with Crippen LogP contribution in [0.3, 0.4) is 0 Å². The number of aliphatic carboxylic acids is 2. The first-order chi connectivity index (χ1) is 6.06. The first kappa shape index (κ1) is 11.9. The fourth-order valence-electron chi connectivity index (χ4n) is 0.679. The summed E-state index contributed by atoms with van der Waals surface area (Å²) in [5.41, 5.74) is 2.28. The second-order valence-corrected chi connectivity index (χ2v) is 2.68. The van der Waals surface area contributed by atoms with Crippen LogP contribution in [0.15, 0.2) is 0 Å². The van der Waals surface area contributed by atoms with E-state index < -0.39 is 25.0 Å². The zero-order valence-corrected chi connectivity index (χ0v) is 7.53. The van der Waals surface area contributed by atoms with Crippen molar-refractivity contribution in [1.82, 2.24) is 4.90 Å². The minimum absolute atomic E-state index is 0.0519. The SMILES string of the molecule is O=P#CCN(CC(=O)O)CC(=O)O. The van der Waals surface area contributed by atoms with Crippen LogP contribution in [0.4, 0.5) is 0 Å². The van der Waals surface area contributed by atoms with Crippen molar-refractivity contribution >= 4 is 19.9 Å². The topological polar surface area (TPSA) is 94.9 Å². The molecule has 0 aromatic heterocycles. The Kier molecular flexibility index (Phi) is 5.89. The van der Waals surface area contributed by atoms with Gasteiger partial charge in [0.2, 0.25) is 0 Å². The molecule has 0 spiro atoms. The molecule has 0 aliphatic rings. The second-order valence-electron chi connectivity index (χ2n) is 2.18. The van der Waals surface area contributed by atoms with Crippen molar-refractivity contribution in [3.05, 3.63) is 0 Å². The standard InChI is InChI=1S/C6H8NO5P/c8-5(9)3-7(1-2-13-12)4-6(10)11/h1,3-4H2,(H,8,9)(H,10,11). The Bertz CT molecular complexity index is 279. The predicted octanol–water partition coefficient (Wildman–Crippen LogP) is -0.292. The fraction of sp³-hybridized carbons (Fsp3) is 0.500. The third kappa shape index (κ3) is 7.28. The van der Waals surface area contributed by atoms with Gasteiger partial charge in [0.15, 0.2) is 0 Å². The maximum atomic E-state index is 10.2. The Balaban J connectivity index is 4.14. The number of hydrogen-bond acceptors (Lipinski definition) is 4. The maximum absolute atomic E-state index is 10.2. The molecular weight excluding hydrogens is 197 g/mol. The first-order valence-corrected chi connectivity index (χ1v) is 4.08. The second kappa shape index (κ2) is 6.43. The monoisotopic (exact) mass is 205 g/mol. The van der Waals surface area contributed by atoms with Crippen molar-refractivity contribution in [2.75, 3.05) is 19.6 Å². The molecule has 0 saturated heterocycles. The third-order valence-electron chi connectivity index (χ3n) is 1.08. The molecule has 2 N–H and O–H groups in total. The Labute approximate surface area is 75.3 Å². The van der Waals surface area contributed by atoms with Crippen molar-refractivity contribution in [2.45, 2.75) is 0 Å². The molecule has 0 aromatic carbocycles. The molecule has 0 saturated carbocycles. The fourth-order valence-corrected chi connectivity index (χ4v) is 0.937. The minimum atomic E-state index is -1.13. The van der Waals surface area contributed by atoms with E-state index in [0.29, 0.717) is 0 Å². The molecule has 0 aliphatic carbocycles. The zero-order chi connectivity index (χ0) is 10.3. The molecule has 0 fully saturated rings. The molecule has 0 amide bonds. The molecule has 13 heavy (non-hydrogen) atoms. The van der Waals surface area contributed by atoms with Gasteiger partial charge < -0.3 is 0 Å². The summed E-state index contributed by atoms with van der Waals surface area (Å²) in [6, 6.07) is 0. The molecule has 0 radical (unpaired) electrons. The molecule has 0 rings (SSSR count). The van der Waals surface area contributed by atoms with E-state index in [1.54, 1.807) is 0 Å². The molecule has 0 unspecified atom stereocenters. The third-order valence-corrected chi connectivity index (χ3v) is 1.35. The normalized spacial score (nSPS) is 9.31. The summed E-state index contributed by atoms with van der Waals surface area (Å²) in [6.07, 6.45) is 0. The van der Waals surface area contributed by atoms with Gasteiger partial charge in [0.1, 0.15) is 0 Å². The molecule has 0 bridgehead atoms. The van der Waals surface area contributed by atoms with Crippen molar-refractivity contribution in [2.24, 2.45) is 0 Å². The summed E-state index contributed by atoms with van der Waals surface area (Å²) < 4.78 is 9.95. The van der Waals surface area contributed by atoms with E-state index in [0.717, 1.165) is 4.90 Å². The van der Waals surface area contributed by atoms with Crippen LogP contribution in [0.5, 0.6) is 0 Å². The molecule has 0 atom stereocenters. The van der Waals surface area contributed by atoms with Gasteiger partial charge in [-0.2, -0.15) is 0 Å². The van der Waals surface area contributed by atoms with E-state index >= 15 is 0 Å². The predicted molar refractivity (Wildman–Crippen MR) is 43.2 cm³/mol. The Morgan fingerprint density at radius 3 is 2.00 bits per heavy atom. The van der Waals surface area contributed by atoms with Crippen LogP contribution >= 0.6 is 7.92 Å². The summed E-state index contributed by atoms with van der Waals surface area (Å²) in [7, 11) is -0.364. The summed E-state index contributed by atoms with van der Waals surface area (Å²) in [5.74, 6) is -2.27. The number of carbonyl (C=O) groups is 2. The summed E-state index contributed by atoms with van der Waals surface area (Å²) in [6.45, 7) is -0.868. The van der Waals surface area contributed by atoms with Crippen LogP contribution in [0.1, 0.15) is 0 Å². The molecule has 0 heterocycles. The average molecular weight is 205 g/mol. The van der Waals surface area contributed by atoms with Crippen molar-refractivity contribution in [3.8, 4) is 5.63 Å². The molecular formula is C6H8NO5P. The van der Waals surface area contributed by atoms with E-state index in [-0.39, 0.29) is 14.5 Å². The van der Waals surface area contributed by atoms with Gasteiger partial charge in [-0.1, -0.05) is 0 Å². The van der Waals surface area contributed by atoms with Gasteiger partial charge in [0.25, 0.3) is 0 Å². The first-order valence-electron chi connectivity index (χ1n) is 3.27. The number of nitrogens with zero attached hydrogens (tertiary/aromatic N) is 1. The Morgan fingerprint density at radius 2 is 1.69 bits per heavy atom. The zero-order valence-electron chi connectivity index (χ0n) is 6.63. The molecule has 6 nitrogen and oxygen atoms in total. The van der Waals surface area contributed by atoms with Gasteiger partial charge in [0.05, 0.1) is 0 Å². The van der Waals surface area contributed by atoms with Gasteiger partial charge in [-0.25, -0.2) is 0 Å². The molecule has 72 valence electrons. The van der Waals surface area contributed by atoms with Crippen LogP contribution in [-0.2, 0) is 14.2 Å². The molecule has 7 heteroatoms. The van der Waals surface area contributed by atoms with E-state index in [4.69, 9.17) is 10.2 Å². The van der Waals surface area contributed by atoms with Crippen LogP contribution in [0, 0.1) is 5.63 Å². The Hall–Kier alpha value is -1.09. The molecule has 0 aromatic rings. The summed E-state index contributed by atoms with van der Waals surface area (Å²) >= 11 is 0. The number of carboxylic acid groups (broad SMARTS) is 2. The van der Waals surface area contributed by atoms with Crippen LogP contribution < -0.4 is 0 Å². The molecule has 0 aliphatic heterocycles. The van der Waals surface area contributed by atoms with Crippen molar-refractivity contribution in [1.29, 1.82) is 0 Å². The van der Waals surface area contributed by atoms with Crippen LogP contribution in [-0.4, -0.2) is 46.7 Å². The summed E-state index contributed by atoms with van der Waals surface area (Å²) in [4.78, 5) is 21.5. The van der Waals surface area contributed by atoms with E-state index in [2.05, 4.69) is 5.63 Å². The quantitative estimate of drug-likeness (QED) is 0.598.